The molecule has 0 saturated carbocycles. The van der Waals surface area contributed by atoms with Gasteiger partial charge in [-0.3, -0.25) is 0 Å². The Labute approximate surface area is 110 Å². The molecule has 0 radical (unpaired) electrons. The first-order chi connectivity index (χ1) is 8.97. The van der Waals surface area contributed by atoms with Crippen molar-refractivity contribution < 1.29 is 13.2 Å². The summed E-state index contributed by atoms with van der Waals surface area (Å²) in [5, 5.41) is 2.86. The van der Waals surface area contributed by atoms with Gasteiger partial charge in [-0.05, 0) is 43.9 Å². The summed E-state index contributed by atoms with van der Waals surface area (Å²) in [6.45, 7) is 0.513. The third-order valence-electron chi connectivity index (χ3n) is 3.25. The van der Waals surface area contributed by atoms with Crippen LogP contribution in [0.4, 0.5) is 24.5 Å². The number of nitrogens with two attached hydrogens (primary N) is 1. The van der Waals surface area contributed by atoms with Gasteiger partial charge >= 0.3 is 6.18 Å². The Balaban J connectivity index is 2.03. The molecule has 0 amide bonds. The van der Waals surface area contributed by atoms with Crippen molar-refractivity contribution in [3.05, 3.63) is 35.4 Å². The van der Waals surface area contributed by atoms with Gasteiger partial charge in [0, 0.05) is 17.9 Å². The van der Waals surface area contributed by atoms with E-state index in [0.29, 0.717) is 6.54 Å². The molecular formula is C14H17F3N2. The lowest BCUT2D eigenvalue weighted by Crippen LogP contribution is -2.12. The van der Waals surface area contributed by atoms with Gasteiger partial charge in [0.15, 0.2) is 0 Å². The quantitative estimate of drug-likeness (QED) is 0.635. The van der Waals surface area contributed by atoms with Crippen molar-refractivity contribution in [2.24, 2.45) is 0 Å². The number of anilines is 2. The third kappa shape index (κ3) is 3.66. The third-order valence-corrected chi connectivity index (χ3v) is 3.25. The van der Waals surface area contributed by atoms with E-state index >= 15 is 0 Å². The Morgan fingerprint density at radius 2 is 2.05 bits per heavy atom. The van der Waals surface area contributed by atoms with Crippen LogP contribution in [0.15, 0.2) is 29.8 Å². The van der Waals surface area contributed by atoms with E-state index in [0.717, 1.165) is 31.7 Å². The Kier molecular flexibility index (Phi) is 4.02. The topological polar surface area (TPSA) is 38.0 Å². The number of allylic oxidation sites excluding steroid dienone is 1. The molecule has 0 saturated heterocycles. The normalized spacial score (nSPS) is 15.4. The molecule has 0 spiro atoms. The smallest absolute Gasteiger partial charge is 0.399 e. The number of benzene rings is 1. The molecule has 1 aliphatic rings. The molecule has 0 aromatic heterocycles. The maximum absolute atomic E-state index is 12.8. The van der Waals surface area contributed by atoms with Gasteiger partial charge in [0.1, 0.15) is 0 Å². The highest BCUT2D eigenvalue weighted by Gasteiger charge is 2.33. The van der Waals surface area contributed by atoms with E-state index in [2.05, 4.69) is 11.4 Å². The molecule has 2 rings (SSSR count). The molecule has 1 aliphatic carbocycles. The lowest BCUT2D eigenvalue weighted by Gasteiger charge is -2.15. The zero-order valence-electron chi connectivity index (χ0n) is 10.6. The lowest BCUT2D eigenvalue weighted by atomic mass is 10.1. The maximum Gasteiger partial charge on any atom is 0.418 e. The average Bonchev–Trinajstić information content (AvgIpc) is 2.83. The molecule has 19 heavy (non-hydrogen) atoms. The van der Waals surface area contributed by atoms with E-state index in [1.165, 1.54) is 17.7 Å². The van der Waals surface area contributed by atoms with Crippen molar-refractivity contribution in [1.29, 1.82) is 0 Å². The molecule has 0 aliphatic heterocycles. The van der Waals surface area contributed by atoms with Crippen molar-refractivity contribution >= 4 is 11.4 Å². The fourth-order valence-electron chi connectivity index (χ4n) is 2.27. The standard InChI is InChI=1S/C14H17F3N2/c15-14(16,17)12-9-11(18)5-6-13(12)19-8-7-10-3-1-2-4-10/h3,5-6,9,19H,1-2,4,7-8,18H2. The van der Waals surface area contributed by atoms with Crippen molar-refractivity contribution in [3.8, 4) is 0 Å². The summed E-state index contributed by atoms with van der Waals surface area (Å²) in [6, 6.07) is 3.84. The lowest BCUT2D eigenvalue weighted by molar-refractivity contribution is -0.136. The van der Waals surface area contributed by atoms with Crippen LogP contribution in [0, 0.1) is 0 Å². The van der Waals surface area contributed by atoms with Crippen molar-refractivity contribution in [2.45, 2.75) is 31.9 Å². The molecule has 5 heteroatoms. The van der Waals surface area contributed by atoms with E-state index in [-0.39, 0.29) is 11.4 Å². The Hall–Kier alpha value is -1.65. The maximum atomic E-state index is 12.8. The SMILES string of the molecule is Nc1ccc(NCCC2=CCCC2)c(C(F)(F)F)c1. The van der Waals surface area contributed by atoms with Gasteiger partial charge in [-0.25, -0.2) is 0 Å². The highest BCUT2D eigenvalue weighted by atomic mass is 19.4. The van der Waals surface area contributed by atoms with Crippen LogP contribution in [0.1, 0.15) is 31.2 Å². The Morgan fingerprint density at radius 3 is 2.68 bits per heavy atom. The van der Waals surface area contributed by atoms with Gasteiger partial charge in [-0.1, -0.05) is 11.6 Å². The van der Waals surface area contributed by atoms with E-state index in [1.807, 2.05) is 0 Å². The van der Waals surface area contributed by atoms with Crippen molar-refractivity contribution in [3.63, 3.8) is 0 Å². The van der Waals surface area contributed by atoms with Crippen LogP contribution in [0.5, 0.6) is 0 Å². The molecule has 2 nitrogen and oxygen atoms in total. The molecule has 1 aromatic rings. The van der Waals surface area contributed by atoms with Crippen LogP contribution in [0.2, 0.25) is 0 Å². The van der Waals surface area contributed by atoms with Gasteiger partial charge in [-0.15, -0.1) is 0 Å². The summed E-state index contributed by atoms with van der Waals surface area (Å²) in [4.78, 5) is 0. The molecule has 0 atom stereocenters. The number of rotatable bonds is 4. The fraction of sp³-hybridized carbons (Fsp3) is 0.429. The van der Waals surface area contributed by atoms with Crippen LogP contribution in [-0.2, 0) is 6.18 Å². The molecular weight excluding hydrogens is 253 g/mol. The molecule has 0 fully saturated rings. The zero-order valence-corrected chi connectivity index (χ0v) is 10.6. The first-order valence-electron chi connectivity index (χ1n) is 6.35. The summed E-state index contributed by atoms with van der Waals surface area (Å²) in [6.07, 6.45) is 1.90. The van der Waals surface area contributed by atoms with Crippen LogP contribution >= 0.6 is 0 Å². The summed E-state index contributed by atoms with van der Waals surface area (Å²) < 4.78 is 38.5. The van der Waals surface area contributed by atoms with Gasteiger partial charge in [0.2, 0.25) is 0 Å². The number of nitrogen functional groups attached to an aromatic ring is 1. The second-order valence-corrected chi connectivity index (χ2v) is 4.73. The predicted molar refractivity (Wildman–Crippen MR) is 70.9 cm³/mol. The van der Waals surface area contributed by atoms with E-state index in [1.54, 1.807) is 0 Å². The number of halogens is 3. The number of nitrogens with one attached hydrogen (secondary N) is 1. The first-order valence-corrected chi connectivity index (χ1v) is 6.35. The van der Waals surface area contributed by atoms with Gasteiger partial charge in [-0.2, -0.15) is 13.2 Å². The minimum Gasteiger partial charge on any atom is -0.399 e. The van der Waals surface area contributed by atoms with Gasteiger partial charge < -0.3 is 11.1 Å². The predicted octanol–water partition coefficient (Wildman–Crippen LogP) is 4.20. The fourth-order valence-corrected chi connectivity index (χ4v) is 2.27. The van der Waals surface area contributed by atoms with Crippen molar-refractivity contribution in [1.82, 2.24) is 0 Å². The van der Waals surface area contributed by atoms with E-state index in [4.69, 9.17) is 5.73 Å². The monoisotopic (exact) mass is 270 g/mol. The van der Waals surface area contributed by atoms with Crippen LogP contribution in [0.3, 0.4) is 0 Å². The van der Waals surface area contributed by atoms with Gasteiger partial charge in [0.05, 0.1) is 5.56 Å². The summed E-state index contributed by atoms with van der Waals surface area (Å²) in [5.74, 6) is 0. The number of hydrogen-bond donors (Lipinski definition) is 2. The van der Waals surface area contributed by atoms with Crippen LogP contribution in [-0.4, -0.2) is 6.54 Å². The number of hydrogen-bond acceptors (Lipinski definition) is 2. The zero-order chi connectivity index (χ0) is 13.9. The average molecular weight is 270 g/mol. The van der Waals surface area contributed by atoms with Gasteiger partial charge in [0.25, 0.3) is 0 Å². The minimum absolute atomic E-state index is 0.0975. The Morgan fingerprint density at radius 1 is 1.26 bits per heavy atom. The first kappa shape index (κ1) is 13.8. The van der Waals surface area contributed by atoms with E-state index < -0.39 is 11.7 Å². The largest absolute Gasteiger partial charge is 0.418 e. The highest BCUT2D eigenvalue weighted by molar-refractivity contribution is 5.59. The molecule has 104 valence electrons. The number of alkyl halides is 3. The minimum atomic E-state index is -4.38. The second-order valence-electron chi connectivity index (χ2n) is 4.73. The summed E-state index contributed by atoms with van der Waals surface area (Å²) >= 11 is 0. The molecule has 1 aromatic carbocycles. The summed E-state index contributed by atoms with van der Waals surface area (Å²) in [5.41, 5.74) is 6.26. The molecule has 3 N–H and O–H groups in total. The van der Waals surface area contributed by atoms with E-state index in [9.17, 15) is 13.2 Å². The van der Waals surface area contributed by atoms with Crippen LogP contribution in [0.25, 0.3) is 0 Å². The van der Waals surface area contributed by atoms with Crippen molar-refractivity contribution in [2.75, 3.05) is 17.6 Å². The molecule has 0 heterocycles. The Bertz CT molecular complexity index is 478. The highest BCUT2D eigenvalue weighted by Crippen LogP contribution is 2.36. The second kappa shape index (κ2) is 5.55. The molecule has 0 unspecified atom stereocenters. The van der Waals surface area contributed by atoms with Crippen LogP contribution < -0.4 is 11.1 Å². The molecule has 0 bridgehead atoms. The summed E-state index contributed by atoms with van der Waals surface area (Å²) in [7, 11) is 0.